The second-order valence-electron chi connectivity index (χ2n) is 13.5. The molecule has 0 amide bonds. The van der Waals surface area contributed by atoms with Gasteiger partial charge >= 0.3 is 0 Å². The molecule has 50 heavy (non-hydrogen) atoms. The van der Waals surface area contributed by atoms with Crippen LogP contribution in [0.3, 0.4) is 0 Å². The molecule has 2 aliphatic heterocycles. The van der Waals surface area contributed by atoms with Gasteiger partial charge in [0.15, 0.2) is 5.60 Å². The predicted molar refractivity (Wildman–Crippen MR) is 207 cm³/mol. The van der Waals surface area contributed by atoms with Gasteiger partial charge in [-0.1, -0.05) is 103 Å². The van der Waals surface area contributed by atoms with E-state index in [0.29, 0.717) is 0 Å². The third kappa shape index (κ3) is 4.78. The van der Waals surface area contributed by atoms with Crippen LogP contribution in [0.1, 0.15) is 27.8 Å². The summed E-state index contributed by atoms with van der Waals surface area (Å²) in [5, 5.41) is 7.37. The Balaban J connectivity index is 1.21. The monoisotopic (exact) mass is 653 g/mol. The highest BCUT2D eigenvalue weighted by Gasteiger charge is 2.39. The molecule has 1 fully saturated rings. The zero-order chi connectivity index (χ0) is 33.8. The number of fused-ring (bicyclic) bond motifs is 8. The zero-order valence-corrected chi connectivity index (χ0v) is 28.7. The molecular formula is C46H39NO3. The van der Waals surface area contributed by atoms with E-state index >= 15 is 0 Å². The van der Waals surface area contributed by atoms with E-state index in [1.54, 1.807) is 7.11 Å². The lowest BCUT2D eigenvalue weighted by Gasteiger charge is -2.38. The van der Waals surface area contributed by atoms with Gasteiger partial charge in [-0.2, -0.15) is 0 Å². The summed E-state index contributed by atoms with van der Waals surface area (Å²) in [6.07, 6.45) is 4.53. The van der Waals surface area contributed by atoms with Gasteiger partial charge in [-0.05, 0) is 93.4 Å². The van der Waals surface area contributed by atoms with E-state index in [1.807, 2.05) is 12.1 Å². The topological polar surface area (TPSA) is 30.9 Å². The van der Waals surface area contributed by atoms with Gasteiger partial charge in [0.1, 0.15) is 11.5 Å². The van der Waals surface area contributed by atoms with Crippen molar-refractivity contribution in [3.63, 3.8) is 0 Å². The summed E-state index contributed by atoms with van der Waals surface area (Å²) in [4.78, 5) is 2.39. The summed E-state index contributed by atoms with van der Waals surface area (Å²) in [5.41, 5.74) is 8.50. The van der Waals surface area contributed by atoms with Crippen LogP contribution < -0.4 is 14.4 Å². The molecule has 1 atom stereocenters. The lowest BCUT2D eigenvalue weighted by Crippen LogP contribution is -2.36. The maximum absolute atomic E-state index is 7.56. The van der Waals surface area contributed by atoms with Gasteiger partial charge in [-0.15, -0.1) is 0 Å². The van der Waals surface area contributed by atoms with E-state index in [2.05, 4.69) is 140 Å². The van der Waals surface area contributed by atoms with Crippen molar-refractivity contribution in [2.24, 2.45) is 0 Å². The molecule has 4 heteroatoms. The average Bonchev–Trinajstić information content (AvgIpc) is 3.20. The first kappa shape index (κ1) is 30.5. The second kappa shape index (κ2) is 12.1. The Morgan fingerprint density at radius 2 is 1.14 bits per heavy atom. The number of aryl methyl sites for hydroxylation is 1. The summed E-state index contributed by atoms with van der Waals surface area (Å²) < 4.78 is 18.7. The Morgan fingerprint density at radius 3 is 1.74 bits per heavy atom. The predicted octanol–water partition coefficient (Wildman–Crippen LogP) is 10.6. The molecule has 0 aromatic heterocycles. The highest BCUT2D eigenvalue weighted by Crippen LogP contribution is 2.51. The van der Waals surface area contributed by atoms with Crippen LogP contribution in [0.15, 0.2) is 127 Å². The lowest BCUT2D eigenvalue weighted by molar-refractivity contribution is 0.122. The van der Waals surface area contributed by atoms with Crippen molar-refractivity contribution in [3.8, 4) is 22.6 Å². The van der Waals surface area contributed by atoms with Crippen LogP contribution in [0.2, 0.25) is 0 Å². The van der Waals surface area contributed by atoms with E-state index in [-0.39, 0.29) is 0 Å². The molecule has 0 saturated carbocycles. The largest absolute Gasteiger partial charge is 0.497 e. The van der Waals surface area contributed by atoms with Gasteiger partial charge in [0.05, 0.1) is 20.3 Å². The van der Waals surface area contributed by atoms with Gasteiger partial charge in [0, 0.05) is 40.9 Å². The Labute approximate surface area is 293 Å². The van der Waals surface area contributed by atoms with Gasteiger partial charge in [0.25, 0.3) is 0 Å². The van der Waals surface area contributed by atoms with Crippen molar-refractivity contribution in [1.82, 2.24) is 0 Å². The number of morpholine rings is 1. The van der Waals surface area contributed by atoms with E-state index < -0.39 is 5.60 Å². The number of ether oxygens (including phenoxy) is 3. The van der Waals surface area contributed by atoms with Gasteiger partial charge in [0.2, 0.25) is 0 Å². The standard InChI is InChI=1S/C46H39NO3/c1-30-31(2)43-41-10-6-4-8-39(41)40-9-5-7-11-42(40)44(43)45-38(30)24-25-46(50-45,35-18-22-37(48-3)23-19-35)34-16-12-32(13-17-34)33-14-20-36(21-15-33)47-26-28-49-29-27-47/h4-25H,26-29H2,1-3H3. The summed E-state index contributed by atoms with van der Waals surface area (Å²) in [5.74, 6) is 1.74. The van der Waals surface area contributed by atoms with E-state index in [9.17, 15) is 0 Å². The summed E-state index contributed by atoms with van der Waals surface area (Å²) in [7, 11) is 1.71. The van der Waals surface area contributed by atoms with Crippen LogP contribution in [0.25, 0.3) is 49.5 Å². The van der Waals surface area contributed by atoms with Crippen LogP contribution in [-0.4, -0.2) is 33.4 Å². The number of anilines is 1. The van der Waals surface area contributed by atoms with Gasteiger partial charge < -0.3 is 19.1 Å². The summed E-state index contributed by atoms with van der Waals surface area (Å²) in [6, 6.07) is 43.6. The fourth-order valence-electron chi connectivity index (χ4n) is 8.08. The van der Waals surface area contributed by atoms with Crippen molar-refractivity contribution in [2.75, 3.05) is 38.3 Å². The third-order valence-electron chi connectivity index (χ3n) is 10.9. The minimum absolute atomic E-state index is 0.780. The minimum Gasteiger partial charge on any atom is -0.497 e. The maximum atomic E-state index is 7.56. The van der Waals surface area contributed by atoms with Crippen molar-refractivity contribution in [1.29, 1.82) is 0 Å². The maximum Gasteiger partial charge on any atom is 0.178 e. The summed E-state index contributed by atoms with van der Waals surface area (Å²) >= 11 is 0. The van der Waals surface area contributed by atoms with Gasteiger partial charge in [-0.3, -0.25) is 0 Å². The van der Waals surface area contributed by atoms with Crippen LogP contribution >= 0.6 is 0 Å². The van der Waals surface area contributed by atoms with Crippen molar-refractivity contribution in [3.05, 3.63) is 155 Å². The minimum atomic E-state index is -0.862. The first-order chi connectivity index (χ1) is 24.6. The molecule has 0 bridgehead atoms. The number of hydrogen-bond donors (Lipinski definition) is 0. The van der Waals surface area contributed by atoms with E-state index in [4.69, 9.17) is 14.2 Å². The number of rotatable bonds is 5. The molecule has 0 aliphatic carbocycles. The first-order valence-electron chi connectivity index (χ1n) is 17.5. The molecule has 4 nitrogen and oxygen atoms in total. The quantitative estimate of drug-likeness (QED) is 0.173. The van der Waals surface area contributed by atoms with Crippen molar-refractivity contribution in [2.45, 2.75) is 19.4 Å². The highest BCUT2D eigenvalue weighted by atomic mass is 16.5. The molecule has 7 aromatic rings. The molecule has 2 aliphatic rings. The normalized spacial score (nSPS) is 17.2. The molecule has 246 valence electrons. The highest BCUT2D eigenvalue weighted by molar-refractivity contribution is 6.28. The molecule has 9 rings (SSSR count). The third-order valence-corrected chi connectivity index (χ3v) is 10.9. The molecule has 1 saturated heterocycles. The number of methoxy groups -OCH3 is 1. The first-order valence-corrected chi connectivity index (χ1v) is 17.5. The Kier molecular flexibility index (Phi) is 7.36. The summed E-state index contributed by atoms with van der Waals surface area (Å²) in [6.45, 7) is 7.90. The van der Waals surface area contributed by atoms with Crippen molar-refractivity contribution >= 4 is 44.1 Å². The van der Waals surface area contributed by atoms with E-state index in [0.717, 1.165) is 59.9 Å². The Bertz CT molecular complexity index is 2420. The average molecular weight is 654 g/mol. The van der Waals surface area contributed by atoms with Crippen LogP contribution in [0, 0.1) is 13.8 Å². The fourth-order valence-corrected chi connectivity index (χ4v) is 8.08. The number of nitrogens with zero attached hydrogens (tertiary/aromatic N) is 1. The SMILES string of the molecule is COc1ccc(C2(c3ccc(-c4ccc(N5CCOCC5)cc4)cc3)C=Cc3c(C)c(C)c4c5ccccc5c5ccccc5c4c3O2)cc1. The smallest absolute Gasteiger partial charge is 0.178 e. The Hall–Kier alpha value is -5.58. The Morgan fingerprint density at radius 1 is 0.600 bits per heavy atom. The number of benzene rings is 7. The molecule has 7 aromatic carbocycles. The molecule has 0 N–H and O–H groups in total. The van der Waals surface area contributed by atoms with E-state index in [1.165, 1.54) is 54.9 Å². The lowest BCUT2D eigenvalue weighted by atomic mass is 9.80. The van der Waals surface area contributed by atoms with Gasteiger partial charge in [-0.25, -0.2) is 0 Å². The zero-order valence-electron chi connectivity index (χ0n) is 28.7. The number of hydrogen-bond acceptors (Lipinski definition) is 4. The second-order valence-corrected chi connectivity index (χ2v) is 13.5. The molecule has 1 unspecified atom stereocenters. The van der Waals surface area contributed by atoms with Crippen LogP contribution in [0.5, 0.6) is 11.5 Å². The fraction of sp³-hybridized carbons (Fsp3) is 0.174. The van der Waals surface area contributed by atoms with Crippen molar-refractivity contribution < 1.29 is 14.2 Å². The molecule has 0 spiro atoms. The van der Waals surface area contributed by atoms with Crippen LogP contribution in [-0.2, 0) is 10.3 Å². The molecular weight excluding hydrogens is 615 g/mol. The molecule has 0 radical (unpaired) electrons. The molecule has 2 heterocycles. The van der Waals surface area contributed by atoms with Crippen LogP contribution in [0.4, 0.5) is 5.69 Å².